The molecule has 6 atom stereocenters. The normalized spacial score (nSPS) is 29.9. The lowest BCUT2D eigenvalue weighted by molar-refractivity contribution is -0.125. The molecule has 0 bridgehead atoms. The second-order valence-corrected chi connectivity index (χ2v) is 14.3. The molecule has 13 heteroatoms. The van der Waals surface area contributed by atoms with Gasteiger partial charge in [-0.3, -0.25) is 19.2 Å². The van der Waals surface area contributed by atoms with Crippen molar-refractivity contribution in [2.24, 2.45) is 17.8 Å². The molecule has 0 aromatic heterocycles. The number of ether oxygens (including phenoxy) is 1. The summed E-state index contributed by atoms with van der Waals surface area (Å²) in [6, 6.07) is 12.5. The van der Waals surface area contributed by atoms with Gasteiger partial charge in [0.1, 0.15) is 5.82 Å². The Labute approximate surface area is 288 Å². The van der Waals surface area contributed by atoms with Crippen LogP contribution in [0.5, 0.6) is 11.5 Å². The van der Waals surface area contributed by atoms with Gasteiger partial charge in [-0.2, -0.15) is 0 Å². The number of allylic oxidation sites excluding steroid dienone is 2. The highest BCUT2D eigenvalue weighted by Crippen LogP contribution is 2.66. The molecule has 7 rings (SSSR count). The number of benzene rings is 3. The van der Waals surface area contributed by atoms with Crippen LogP contribution in [0, 0.1) is 30.5 Å². The van der Waals surface area contributed by atoms with Gasteiger partial charge < -0.3 is 9.84 Å². The van der Waals surface area contributed by atoms with Gasteiger partial charge in [-0.05, 0) is 85.3 Å². The van der Waals surface area contributed by atoms with E-state index in [1.807, 2.05) is 0 Å². The van der Waals surface area contributed by atoms with Gasteiger partial charge in [0.15, 0.2) is 21.2 Å². The topological polar surface area (TPSA) is 104 Å². The molecule has 0 unspecified atom stereocenters. The third-order valence-electron chi connectivity index (χ3n) is 9.91. The van der Waals surface area contributed by atoms with Crippen LogP contribution in [-0.4, -0.2) is 45.6 Å². The van der Waals surface area contributed by atoms with Crippen molar-refractivity contribution in [3.8, 4) is 11.5 Å². The summed E-state index contributed by atoms with van der Waals surface area (Å²) in [6.45, 7) is 1.80. The van der Waals surface area contributed by atoms with Crippen LogP contribution < -0.4 is 14.5 Å². The predicted molar refractivity (Wildman–Crippen MR) is 175 cm³/mol. The number of aryl methyl sites for hydroxylation is 1. The molecule has 0 radical (unpaired) electrons. The minimum Gasteiger partial charge on any atom is -0.503 e. The first kappa shape index (κ1) is 31.9. The van der Waals surface area contributed by atoms with Gasteiger partial charge in [-0.1, -0.05) is 40.9 Å². The van der Waals surface area contributed by atoms with Gasteiger partial charge in [0.05, 0.1) is 35.3 Å². The number of rotatable bonds is 4. The molecule has 47 heavy (non-hydrogen) atoms. The van der Waals surface area contributed by atoms with E-state index in [1.165, 1.54) is 31.4 Å². The molecule has 242 valence electrons. The monoisotopic (exact) mass is 716 g/mol. The van der Waals surface area contributed by atoms with E-state index < -0.39 is 62.9 Å². The maximum absolute atomic E-state index is 14.5. The number of alkyl halides is 2. The first-order chi connectivity index (χ1) is 22.2. The number of hydrogen-bond donors (Lipinski definition) is 1. The third kappa shape index (κ3) is 4.32. The molecule has 2 aliphatic carbocycles. The second kappa shape index (κ2) is 11.0. The largest absolute Gasteiger partial charge is 0.503 e. The summed E-state index contributed by atoms with van der Waals surface area (Å²) in [5.74, 6) is -7.29. The lowest BCUT2D eigenvalue weighted by Gasteiger charge is -2.50. The van der Waals surface area contributed by atoms with Gasteiger partial charge in [0, 0.05) is 10.9 Å². The summed E-state index contributed by atoms with van der Waals surface area (Å²) in [4.78, 5) is 54.6. The molecular weight excluding hydrogens is 693 g/mol. The number of imide groups is 2. The number of carbonyl (C=O) groups is 4. The van der Waals surface area contributed by atoms with Crippen molar-refractivity contribution in [2.45, 2.75) is 35.4 Å². The third-order valence-corrected chi connectivity index (χ3v) is 12.0. The van der Waals surface area contributed by atoms with E-state index in [-0.39, 0.29) is 35.1 Å². The molecule has 8 nitrogen and oxygen atoms in total. The van der Waals surface area contributed by atoms with Crippen LogP contribution in [0.15, 0.2) is 66.2 Å². The molecule has 2 heterocycles. The van der Waals surface area contributed by atoms with Gasteiger partial charge in [0.2, 0.25) is 11.8 Å². The van der Waals surface area contributed by atoms with Crippen molar-refractivity contribution in [2.75, 3.05) is 16.9 Å². The molecule has 4 amide bonds. The van der Waals surface area contributed by atoms with Crippen molar-refractivity contribution in [1.82, 2.24) is 0 Å². The van der Waals surface area contributed by atoms with Crippen molar-refractivity contribution in [1.29, 1.82) is 0 Å². The summed E-state index contributed by atoms with van der Waals surface area (Å²) < 4.78 is 19.2. The summed E-state index contributed by atoms with van der Waals surface area (Å²) in [5, 5.41) is 10.8. The zero-order valence-electron chi connectivity index (χ0n) is 24.8. The zero-order chi connectivity index (χ0) is 33.7. The van der Waals surface area contributed by atoms with E-state index in [0.717, 1.165) is 27.5 Å². The van der Waals surface area contributed by atoms with Crippen molar-refractivity contribution in [3.05, 3.63) is 93.2 Å². The van der Waals surface area contributed by atoms with Crippen molar-refractivity contribution in [3.63, 3.8) is 0 Å². The maximum Gasteiger partial charge on any atom is 0.258 e. The van der Waals surface area contributed by atoms with E-state index in [1.54, 1.807) is 31.2 Å². The van der Waals surface area contributed by atoms with E-state index >= 15 is 0 Å². The first-order valence-electron chi connectivity index (χ1n) is 14.7. The van der Waals surface area contributed by atoms with Crippen LogP contribution in [0.4, 0.5) is 15.8 Å². The van der Waals surface area contributed by atoms with Crippen molar-refractivity contribution < 1.29 is 33.4 Å². The lowest BCUT2D eigenvalue weighted by atomic mass is 9.56. The number of carbonyl (C=O) groups excluding carboxylic acids is 4. The fourth-order valence-corrected chi connectivity index (χ4v) is 8.99. The molecule has 3 aromatic carbocycles. The number of fused-ring (bicyclic) bond motifs is 4. The Bertz CT molecular complexity index is 1950. The Morgan fingerprint density at radius 2 is 1.55 bits per heavy atom. The fraction of sp³-hybridized carbons (Fsp3) is 0.294. The Kier molecular flexibility index (Phi) is 7.44. The van der Waals surface area contributed by atoms with Crippen LogP contribution in [0.2, 0.25) is 10.0 Å². The highest BCUT2D eigenvalue weighted by molar-refractivity contribution is 6.58. The average Bonchev–Trinajstić information content (AvgIpc) is 3.38. The number of anilines is 2. The molecule has 1 N–H and O–H groups in total. The lowest BCUT2D eigenvalue weighted by Crippen LogP contribution is -2.60. The van der Waals surface area contributed by atoms with E-state index in [9.17, 15) is 28.7 Å². The number of hydrogen-bond acceptors (Lipinski definition) is 6. The van der Waals surface area contributed by atoms with Crippen LogP contribution in [-0.2, 0) is 19.2 Å². The van der Waals surface area contributed by atoms with Gasteiger partial charge in [0.25, 0.3) is 11.8 Å². The van der Waals surface area contributed by atoms with Gasteiger partial charge in [-0.25, -0.2) is 14.2 Å². The van der Waals surface area contributed by atoms with E-state index in [4.69, 9.17) is 51.1 Å². The number of amides is 4. The molecule has 0 spiro atoms. The smallest absolute Gasteiger partial charge is 0.258 e. The van der Waals surface area contributed by atoms with Crippen LogP contribution >= 0.6 is 46.4 Å². The molecule has 1 saturated carbocycles. The van der Waals surface area contributed by atoms with E-state index in [0.29, 0.717) is 21.8 Å². The summed E-state index contributed by atoms with van der Waals surface area (Å²) in [7, 11) is 1.32. The zero-order valence-corrected chi connectivity index (χ0v) is 27.8. The van der Waals surface area contributed by atoms with Gasteiger partial charge >= 0.3 is 0 Å². The van der Waals surface area contributed by atoms with Crippen LogP contribution in [0.25, 0.3) is 0 Å². The Balaban J connectivity index is 1.42. The molecule has 4 aliphatic rings. The molecular formula is C34H25Cl4FN2O6. The van der Waals surface area contributed by atoms with Crippen LogP contribution in [0.1, 0.15) is 29.9 Å². The summed E-state index contributed by atoms with van der Waals surface area (Å²) in [6.07, 6.45) is 1.66. The molecule has 2 saturated heterocycles. The maximum atomic E-state index is 14.5. The number of halogens is 5. The molecule has 3 fully saturated rings. The minimum absolute atomic E-state index is 0.0222. The SMILES string of the molecule is COc1cc([C@H]2C3=CC[C@@H]4C(=O)N(c5ccc(C)c(Cl)c5)C(=O)[C@@H]4[C@@H]3C[C@@]3(Cl)C(=O)N(c4ccc(F)cc4)C(=O)[C@@]23Cl)cc(Cl)c1O. The summed E-state index contributed by atoms with van der Waals surface area (Å²) >= 11 is 27.5. The highest BCUT2D eigenvalue weighted by Gasteiger charge is 2.76. The predicted octanol–water partition coefficient (Wildman–Crippen LogP) is 6.92. The van der Waals surface area contributed by atoms with E-state index in [2.05, 4.69) is 0 Å². The number of nitrogens with zero attached hydrogens (tertiary/aromatic N) is 2. The highest BCUT2D eigenvalue weighted by atomic mass is 35.5. The fourth-order valence-electron chi connectivity index (χ4n) is 7.66. The van der Waals surface area contributed by atoms with Gasteiger partial charge in [-0.15, -0.1) is 23.2 Å². The molecule has 3 aromatic rings. The standard InChI is InChI=1S/C34H25Cl4FN2O6/c1-15-3-6-19(13-23(15)35)40-29(43)21-10-9-20-22(26(21)30(40)44)14-33(37)31(45)41(18-7-4-17(39)5-8-18)32(46)34(33,38)27(20)16-11-24(36)28(42)25(12-16)47-2/h3-9,11-13,21-22,26-27,42H,10,14H2,1-2H3/t21-,22+,26-,27-,33+,34-/m0/s1. The quantitative estimate of drug-likeness (QED) is 0.179. The van der Waals surface area contributed by atoms with Crippen LogP contribution in [0.3, 0.4) is 0 Å². The number of aromatic hydroxyl groups is 1. The first-order valence-corrected chi connectivity index (χ1v) is 16.2. The Hall–Kier alpha value is -3.63. The van der Waals surface area contributed by atoms with Crippen molar-refractivity contribution >= 4 is 81.4 Å². The Morgan fingerprint density at radius 1 is 0.872 bits per heavy atom. The Morgan fingerprint density at radius 3 is 2.21 bits per heavy atom. The summed E-state index contributed by atoms with van der Waals surface area (Å²) in [5.41, 5.74) is 1.95. The second-order valence-electron chi connectivity index (χ2n) is 12.2. The average molecular weight is 718 g/mol. The minimum atomic E-state index is -2.17. The number of phenols is 1. The molecule has 2 aliphatic heterocycles. The number of methoxy groups -OCH3 is 1. The number of phenolic OH excluding ortho intramolecular Hbond substituents is 1.